The SMILES string of the molecule is O=C(Nc1cc([N+](=O)[O-])ccc1F)c1cc(Br)cnc1Cl. The van der Waals surface area contributed by atoms with E-state index >= 15 is 0 Å². The summed E-state index contributed by atoms with van der Waals surface area (Å²) in [5, 5.41) is 12.8. The fourth-order valence-corrected chi connectivity index (χ4v) is 2.01. The molecule has 0 aliphatic carbocycles. The molecule has 1 heterocycles. The number of carbonyl (C=O) groups excluding carboxylic acids is 1. The molecule has 1 aromatic heterocycles. The Labute approximate surface area is 131 Å². The molecule has 0 saturated carbocycles. The van der Waals surface area contributed by atoms with Crippen LogP contribution in [0.1, 0.15) is 10.4 Å². The first kappa shape index (κ1) is 15.3. The third kappa shape index (κ3) is 3.53. The molecule has 0 unspecified atom stereocenters. The van der Waals surface area contributed by atoms with Crippen molar-refractivity contribution in [2.75, 3.05) is 5.32 Å². The molecule has 1 amide bonds. The Morgan fingerprint density at radius 3 is 2.81 bits per heavy atom. The van der Waals surface area contributed by atoms with Crippen molar-refractivity contribution in [2.24, 2.45) is 0 Å². The van der Waals surface area contributed by atoms with Gasteiger partial charge in [0.25, 0.3) is 11.6 Å². The number of hydrogen-bond acceptors (Lipinski definition) is 4. The van der Waals surface area contributed by atoms with Gasteiger partial charge in [-0.2, -0.15) is 0 Å². The zero-order chi connectivity index (χ0) is 15.6. The normalized spacial score (nSPS) is 10.2. The highest BCUT2D eigenvalue weighted by atomic mass is 79.9. The maximum absolute atomic E-state index is 13.6. The molecule has 0 saturated heterocycles. The van der Waals surface area contributed by atoms with Crippen LogP contribution in [0.3, 0.4) is 0 Å². The summed E-state index contributed by atoms with van der Waals surface area (Å²) in [5.41, 5.74) is -0.646. The van der Waals surface area contributed by atoms with Gasteiger partial charge in [-0.1, -0.05) is 11.6 Å². The van der Waals surface area contributed by atoms with E-state index in [1.54, 1.807) is 0 Å². The van der Waals surface area contributed by atoms with Crippen molar-refractivity contribution in [3.8, 4) is 0 Å². The third-order valence-electron chi connectivity index (χ3n) is 2.46. The van der Waals surface area contributed by atoms with Crippen LogP contribution in [0.4, 0.5) is 15.8 Å². The molecule has 21 heavy (non-hydrogen) atoms. The number of non-ortho nitro benzene ring substituents is 1. The van der Waals surface area contributed by atoms with Crippen LogP contribution in [0, 0.1) is 15.9 Å². The van der Waals surface area contributed by atoms with Gasteiger partial charge in [-0.25, -0.2) is 9.37 Å². The number of nitro benzene ring substituents is 1. The van der Waals surface area contributed by atoms with E-state index in [1.807, 2.05) is 0 Å². The number of carbonyl (C=O) groups is 1. The van der Waals surface area contributed by atoms with Gasteiger partial charge in [-0.15, -0.1) is 0 Å². The zero-order valence-electron chi connectivity index (χ0n) is 10.1. The number of pyridine rings is 1. The summed E-state index contributed by atoms with van der Waals surface area (Å²) in [6.45, 7) is 0. The molecule has 1 N–H and O–H groups in total. The molecular weight excluding hydrogens is 369 g/mol. The average molecular weight is 375 g/mol. The molecule has 0 atom stereocenters. The molecule has 0 aliphatic rings. The predicted octanol–water partition coefficient (Wildman–Crippen LogP) is 3.80. The second-order valence-electron chi connectivity index (χ2n) is 3.87. The summed E-state index contributed by atoms with van der Waals surface area (Å²) in [4.78, 5) is 25.8. The minimum absolute atomic E-state index is 0.0111. The first-order chi connectivity index (χ1) is 9.88. The van der Waals surface area contributed by atoms with Crippen molar-refractivity contribution >= 4 is 44.8 Å². The smallest absolute Gasteiger partial charge is 0.271 e. The molecule has 1 aromatic carbocycles. The number of hydrogen-bond donors (Lipinski definition) is 1. The molecule has 6 nitrogen and oxygen atoms in total. The van der Waals surface area contributed by atoms with Gasteiger partial charge < -0.3 is 5.32 Å². The van der Waals surface area contributed by atoms with Crippen LogP contribution in [0.15, 0.2) is 34.9 Å². The van der Waals surface area contributed by atoms with E-state index in [9.17, 15) is 19.3 Å². The van der Waals surface area contributed by atoms with Crippen LogP contribution in [-0.4, -0.2) is 15.8 Å². The highest BCUT2D eigenvalue weighted by Gasteiger charge is 2.16. The molecule has 0 aliphatic heterocycles. The maximum atomic E-state index is 13.6. The topological polar surface area (TPSA) is 85.1 Å². The predicted molar refractivity (Wildman–Crippen MR) is 78.0 cm³/mol. The van der Waals surface area contributed by atoms with E-state index in [0.29, 0.717) is 4.47 Å². The lowest BCUT2D eigenvalue weighted by molar-refractivity contribution is -0.384. The van der Waals surface area contributed by atoms with Crippen molar-refractivity contribution in [3.05, 3.63) is 61.6 Å². The number of nitrogens with zero attached hydrogens (tertiary/aromatic N) is 2. The average Bonchev–Trinajstić information content (AvgIpc) is 2.43. The molecule has 0 bridgehead atoms. The minimum atomic E-state index is -0.798. The second-order valence-corrected chi connectivity index (χ2v) is 5.14. The third-order valence-corrected chi connectivity index (χ3v) is 3.19. The Kier molecular flexibility index (Phi) is 4.49. The molecule has 0 fully saturated rings. The van der Waals surface area contributed by atoms with Crippen molar-refractivity contribution in [1.29, 1.82) is 0 Å². The fourth-order valence-electron chi connectivity index (χ4n) is 1.49. The molecule has 9 heteroatoms. The van der Waals surface area contributed by atoms with Gasteiger partial charge in [-0.3, -0.25) is 14.9 Å². The van der Waals surface area contributed by atoms with Gasteiger partial charge in [0.05, 0.1) is 16.2 Å². The molecular formula is C12H6BrClFN3O3. The van der Waals surface area contributed by atoms with E-state index in [1.165, 1.54) is 12.3 Å². The fraction of sp³-hybridized carbons (Fsp3) is 0. The Balaban J connectivity index is 2.33. The number of halogens is 3. The Morgan fingerprint density at radius 2 is 2.14 bits per heavy atom. The lowest BCUT2D eigenvalue weighted by Crippen LogP contribution is -2.14. The first-order valence-electron chi connectivity index (χ1n) is 5.45. The Bertz CT molecular complexity index is 742. The first-order valence-corrected chi connectivity index (χ1v) is 6.62. The highest BCUT2D eigenvalue weighted by Crippen LogP contribution is 2.24. The largest absolute Gasteiger partial charge is 0.319 e. The van der Waals surface area contributed by atoms with Crippen LogP contribution in [0.5, 0.6) is 0 Å². The number of benzene rings is 1. The molecule has 2 rings (SSSR count). The number of nitro groups is 1. The van der Waals surface area contributed by atoms with E-state index in [0.717, 1.165) is 18.2 Å². The van der Waals surface area contributed by atoms with E-state index in [4.69, 9.17) is 11.6 Å². The molecule has 0 spiro atoms. The summed E-state index contributed by atoms with van der Waals surface area (Å²) in [6, 6.07) is 4.22. The van der Waals surface area contributed by atoms with E-state index in [-0.39, 0.29) is 22.1 Å². The van der Waals surface area contributed by atoms with Gasteiger partial charge in [-0.05, 0) is 28.1 Å². The van der Waals surface area contributed by atoms with Crippen molar-refractivity contribution in [1.82, 2.24) is 4.98 Å². The number of aromatic nitrogens is 1. The quantitative estimate of drug-likeness (QED) is 0.503. The summed E-state index contributed by atoms with van der Waals surface area (Å²) < 4.78 is 14.1. The van der Waals surface area contributed by atoms with Gasteiger partial charge in [0.15, 0.2) is 0 Å². The lowest BCUT2D eigenvalue weighted by atomic mass is 10.2. The minimum Gasteiger partial charge on any atom is -0.319 e. The Morgan fingerprint density at radius 1 is 1.43 bits per heavy atom. The summed E-state index contributed by atoms with van der Waals surface area (Å²) >= 11 is 8.91. The van der Waals surface area contributed by atoms with Crippen molar-refractivity contribution in [3.63, 3.8) is 0 Å². The number of rotatable bonds is 3. The van der Waals surface area contributed by atoms with Crippen molar-refractivity contribution < 1.29 is 14.1 Å². The van der Waals surface area contributed by atoms with Gasteiger partial charge in [0.2, 0.25) is 0 Å². The maximum Gasteiger partial charge on any atom is 0.271 e. The molecule has 2 aromatic rings. The summed E-state index contributed by atoms with van der Waals surface area (Å²) in [7, 11) is 0. The van der Waals surface area contributed by atoms with Gasteiger partial charge >= 0.3 is 0 Å². The second kappa shape index (κ2) is 6.15. The highest BCUT2D eigenvalue weighted by molar-refractivity contribution is 9.10. The number of nitrogens with one attached hydrogen (secondary N) is 1. The zero-order valence-corrected chi connectivity index (χ0v) is 12.5. The van der Waals surface area contributed by atoms with E-state index < -0.39 is 16.6 Å². The lowest BCUT2D eigenvalue weighted by Gasteiger charge is -2.07. The monoisotopic (exact) mass is 373 g/mol. The van der Waals surface area contributed by atoms with Gasteiger partial charge in [0, 0.05) is 22.8 Å². The summed E-state index contributed by atoms with van der Waals surface area (Å²) in [5.74, 6) is -1.53. The van der Waals surface area contributed by atoms with Crippen LogP contribution in [0.2, 0.25) is 5.15 Å². The molecule has 108 valence electrons. The van der Waals surface area contributed by atoms with Crippen LogP contribution < -0.4 is 5.32 Å². The van der Waals surface area contributed by atoms with Crippen LogP contribution in [0.25, 0.3) is 0 Å². The van der Waals surface area contributed by atoms with Crippen molar-refractivity contribution in [2.45, 2.75) is 0 Å². The molecule has 0 radical (unpaired) electrons. The van der Waals surface area contributed by atoms with Crippen LogP contribution in [-0.2, 0) is 0 Å². The standard InChI is InChI=1S/C12H6BrClFN3O3/c13-6-3-8(11(14)16-5-6)12(19)17-10-4-7(18(20)21)1-2-9(10)15/h1-5H,(H,17,19). The summed E-state index contributed by atoms with van der Waals surface area (Å²) in [6.07, 6.45) is 1.40. The van der Waals surface area contributed by atoms with Crippen LogP contribution >= 0.6 is 27.5 Å². The number of amides is 1. The number of anilines is 1. The van der Waals surface area contributed by atoms with E-state index in [2.05, 4.69) is 26.2 Å². The van der Waals surface area contributed by atoms with Gasteiger partial charge in [0.1, 0.15) is 11.0 Å². The Hall–Kier alpha value is -2.06.